The fourth-order valence-corrected chi connectivity index (χ4v) is 2.43. The highest BCUT2D eigenvalue weighted by molar-refractivity contribution is 5.93. The number of rotatable bonds is 7. The molecular weight excluding hydrogens is 274 g/mol. The normalized spacial score (nSPS) is 10.9. The van der Waals surface area contributed by atoms with Gasteiger partial charge in [0.15, 0.2) is 11.5 Å². The molecule has 1 aromatic carbocycles. The third-order valence-corrected chi connectivity index (χ3v) is 3.29. The van der Waals surface area contributed by atoms with Crippen LogP contribution >= 0.6 is 0 Å². The SMILES string of the molecule is CNCc1oc2cc(OC)c(OC)c(OC)c2c1COC. The average Bonchev–Trinajstić information content (AvgIpc) is 2.83. The molecule has 2 aromatic rings. The van der Waals surface area contributed by atoms with Crippen molar-refractivity contribution in [2.24, 2.45) is 0 Å². The highest BCUT2D eigenvalue weighted by atomic mass is 16.5. The first-order chi connectivity index (χ1) is 10.2. The van der Waals surface area contributed by atoms with E-state index in [0.717, 1.165) is 16.7 Å². The van der Waals surface area contributed by atoms with Crippen molar-refractivity contribution in [2.45, 2.75) is 13.2 Å². The molecule has 1 N–H and O–H groups in total. The summed E-state index contributed by atoms with van der Waals surface area (Å²) in [5.74, 6) is 2.50. The van der Waals surface area contributed by atoms with E-state index < -0.39 is 0 Å². The Morgan fingerprint density at radius 1 is 1.05 bits per heavy atom. The van der Waals surface area contributed by atoms with Crippen molar-refractivity contribution in [1.82, 2.24) is 5.32 Å². The van der Waals surface area contributed by atoms with E-state index in [9.17, 15) is 0 Å². The Balaban J connectivity index is 2.79. The minimum absolute atomic E-state index is 0.426. The lowest BCUT2D eigenvalue weighted by molar-refractivity contribution is 0.183. The van der Waals surface area contributed by atoms with Gasteiger partial charge in [0.2, 0.25) is 5.75 Å². The minimum atomic E-state index is 0.426. The number of benzene rings is 1. The van der Waals surface area contributed by atoms with Crippen LogP contribution in [0.4, 0.5) is 0 Å². The van der Waals surface area contributed by atoms with E-state index >= 15 is 0 Å². The molecule has 0 fully saturated rings. The molecule has 0 aliphatic heterocycles. The zero-order valence-electron chi connectivity index (χ0n) is 13.0. The van der Waals surface area contributed by atoms with E-state index in [0.29, 0.717) is 36.0 Å². The second-order valence-electron chi connectivity index (χ2n) is 4.49. The molecule has 0 spiro atoms. The highest BCUT2D eigenvalue weighted by Crippen LogP contribution is 2.46. The van der Waals surface area contributed by atoms with Gasteiger partial charge in [-0.05, 0) is 7.05 Å². The monoisotopic (exact) mass is 295 g/mol. The fourth-order valence-electron chi connectivity index (χ4n) is 2.43. The molecule has 6 nitrogen and oxygen atoms in total. The van der Waals surface area contributed by atoms with Gasteiger partial charge in [0.1, 0.15) is 11.3 Å². The van der Waals surface area contributed by atoms with Crippen molar-refractivity contribution in [2.75, 3.05) is 35.5 Å². The van der Waals surface area contributed by atoms with E-state index in [-0.39, 0.29) is 0 Å². The molecule has 116 valence electrons. The summed E-state index contributed by atoms with van der Waals surface area (Å²) in [7, 11) is 8.27. The van der Waals surface area contributed by atoms with Gasteiger partial charge in [0, 0.05) is 18.7 Å². The third kappa shape index (κ3) is 2.64. The number of fused-ring (bicyclic) bond motifs is 1. The third-order valence-electron chi connectivity index (χ3n) is 3.29. The molecular formula is C15H21NO5. The number of methoxy groups -OCH3 is 4. The first-order valence-corrected chi connectivity index (χ1v) is 6.58. The van der Waals surface area contributed by atoms with Crippen LogP contribution in [0.5, 0.6) is 17.2 Å². The van der Waals surface area contributed by atoms with Gasteiger partial charge in [-0.3, -0.25) is 0 Å². The Morgan fingerprint density at radius 2 is 1.76 bits per heavy atom. The average molecular weight is 295 g/mol. The summed E-state index contributed by atoms with van der Waals surface area (Å²) in [4.78, 5) is 0. The quantitative estimate of drug-likeness (QED) is 0.846. The van der Waals surface area contributed by atoms with Gasteiger partial charge in [-0.25, -0.2) is 0 Å². The van der Waals surface area contributed by atoms with E-state index in [1.807, 2.05) is 7.05 Å². The molecule has 0 saturated heterocycles. The number of furan rings is 1. The van der Waals surface area contributed by atoms with Gasteiger partial charge in [-0.2, -0.15) is 0 Å². The van der Waals surface area contributed by atoms with Crippen molar-refractivity contribution in [3.63, 3.8) is 0 Å². The standard InChI is InChI=1S/C15H21NO5/c1-16-7-12-9(8-17-2)13-10(21-12)6-11(18-3)14(19-4)15(13)20-5/h6,16H,7-8H2,1-5H3. The van der Waals surface area contributed by atoms with Crippen LogP contribution in [0.2, 0.25) is 0 Å². The van der Waals surface area contributed by atoms with Crippen LogP contribution in [-0.4, -0.2) is 35.5 Å². The zero-order valence-corrected chi connectivity index (χ0v) is 13.0. The summed E-state index contributed by atoms with van der Waals surface area (Å²) >= 11 is 0. The Hall–Kier alpha value is -1.92. The second kappa shape index (κ2) is 6.69. The van der Waals surface area contributed by atoms with Crippen LogP contribution in [0.25, 0.3) is 11.0 Å². The van der Waals surface area contributed by atoms with Gasteiger partial charge >= 0.3 is 0 Å². The summed E-state index contributed by atoms with van der Waals surface area (Å²) < 4.78 is 27.5. The lowest BCUT2D eigenvalue weighted by Gasteiger charge is -2.13. The lowest BCUT2D eigenvalue weighted by Crippen LogP contribution is -2.06. The molecule has 0 radical (unpaired) electrons. The fraction of sp³-hybridized carbons (Fsp3) is 0.467. The van der Waals surface area contributed by atoms with Crippen LogP contribution in [0.1, 0.15) is 11.3 Å². The first-order valence-electron chi connectivity index (χ1n) is 6.58. The maximum absolute atomic E-state index is 5.92. The Bertz CT molecular complexity index is 620. The van der Waals surface area contributed by atoms with E-state index in [1.165, 1.54) is 0 Å². The van der Waals surface area contributed by atoms with Crippen LogP contribution in [-0.2, 0) is 17.9 Å². The van der Waals surface area contributed by atoms with Crippen LogP contribution in [0.15, 0.2) is 10.5 Å². The van der Waals surface area contributed by atoms with Gasteiger partial charge < -0.3 is 28.7 Å². The van der Waals surface area contributed by atoms with E-state index in [4.69, 9.17) is 23.4 Å². The summed E-state index contributed by atoms with van der Waals surface area (Å²) in [6.07, 6.45) is 0. The molecule has 1 heterocycles. The van der Waals surface area contributed by atoms with Crippen molar-refractivity contribution in [3.05, 3.63) is 17.4 Å². The summed E-state index contributed by atoms with van der Waals surface area (Å²) in [6.45, 7) is 1.02. The van der Waals surface area contributed by atoms with Gasteiger partial charge in [-0.1, -0.05) is 0 Å². The smallest absolute Gasteiger partial charge is 0.204 e. The lowest BCUT2D eigenvalue weighted by atomic mass is 10.1. The molecule has 0 amide bonds. The molecule has 21 heavy (non-hydrogen) atoms. The van der Waals surface area contributed by atoms with Gasteiger partial charge in [0.25, 0.3) is 0 Å². The summed E-state index contributed by atoms with van der Waals surface area (Å²) in [5, 5.41) is 3.94. The number of hydrogen-bond donors (Lipinski definition) is 1. The van der Waals surface area contributed by atoms with Crippen molar-refractivity contribution < 1.29 is 23.4 Å². The van der Waals surface area contributed by atoms with E-state index in [2.05, 4.69) is 5.32 Å². The van der Waals surface area contributed by atoms with Crippen LogP contribution in [0.3, 0.4) is 0 Å². The number of ether oxygens (including phenoxy) is 4. The number of hydrogen-bond acceptors (Lipinski definition) is 6. The topological polar surface area (TPSA) is 62.1 Å². The van der Waals surface area contributed by atoms with E-state index in [1.54, 1.807) is 34.5 Å². The predicted molar refractivity (Wildman–Crippen MR) is 79.3 cm³/mol. The zero-order chi connectivity index (χ0) is 15.4. The van der Waals surface area contributed by atoms with Crippen LogP contribution in [0, 0.1) is 0 Å². The second-order valence-corrected chi connectivity index (χ2v) is 4.49. The molecule has 6 heteroatoms. The molecule has 0 saturated carbocycles. The molecule has 0 unspecified atom stereocenters. The van der Waals surface area contributed by atoms with Gasteiger partial charge in [0.05, 0.1) is 39.9 Å². The highest BCUT2D eigenvalue weighted by Gasteiger charge is 2.24. The Labute approximate surface area is 123 Å². The van der Waals surface area contributed by atoms with Crippen molar-refractivity contribution in [1.29, 1.82) is 0 Å². The Morgan fingerprint density at radius 3 is 2.29 bits per heavy atom. The van der Waals surface area contributed by atoms with Crippen LogP contribution < -0.4 is 19.5 Å². The van der Waals surface area contributed by atoms with Gasteiger partial charge in [-0.15, -0.1) is 0 Å². The Kier molecular flexibility index (Phi) is 4.93. The maximum atomic E-state index is 5.92. The summed E-state index contributed by atoms with van der Waals surface area (Å²) in [6, 6.07) is 1.80. The predicted octanol–water partition coefficient (Wildman–Crippen LogP) is 2.32. The molecule has 0 bridgehead atoms. The minimum Gasteiger partial charge on any atom is -0.493 e. The molecule has 0 aliphatic rings. The number of nitrogens with one attached hydrogen (secondary N) is 1. The van der Waals surface area contributed by atoms with Crippen molar-refractivity contribution in [3.8, 4) is 17.2 Å². The first kappa shape index (κ1) is 15.5. The molecule has 0 atom stereocenters. The summed E-state index contributed by atoms with van der Waals surface area (Å²) in [5.41, 5.74) is 1.63. The molecule has 0 aliphatic carbocycles. The maximum Gasteiger partial charge on any atom is 0.204 e. The molecule has 1 aromatic heterocycles. The van der Waals surface area contributed by atoms with Crippen molar-refractivity contribution >= 4 is 11.0 Å². The molecule has 2 rings (SSSR count). The largest absolute Gasteiger partial charge is 0.493 e.